The second-order valence-electron chi connectivity index (χ2n) is 7.28. The van der Waals surface area contributed by atoms with Gasteiger partial charge in [-0.1, -0.05) is 38.1 Å². The van der Waals surface area contributed by atoms with E-state index in [-0.39, 0.29) is 27.0 Å². The van der Waals surface area contributed by atoms with Gasteiger partial charge in [-0.25, -0.2) is 17.9 Å². The average molecular weight is 473 g/mol. The van der Waals surface area contributed by atoms with Gasteiger partial charge in [0.25, 0.3) is 5.56 Å². The maximum Gasteiger partial charge on any atom is 0.357 e. The Morgan fingerprint density at radius 3 is 2.33 bits per heavy atom. The van der Waals surface area contributed by atoms with E-state index in [9.17, 15) is 27.9 Å². The SMILES string of the molecule is CCN(CC)S(=O)(=O)c1cc(NC(=O)Cn2nc(C(=O)O)c3ccccc3c2=O)ccc1C. The molecule has 0 aliphatic rings. The van der Waals surface area contributed by atoms with Crippen LogP contribution >= 0.6 is 0 Å². The van der Waals surface area contributed by atoms with Crippen LogP contribution in [0.4, 0.5) is 5.69 Å². The largest absolute Gasteiger partial charge is 0.476 e. The molecule has 0 bridgehead atoms. The van der Waals surface area contributed by atoms with E-state index in [1.807, 2.05) is 0 Å². The molecule has 0 aliphatic heterocycles. The van der Waals surface area contributed by atoms with E-state index >= 15 is 0 Å². The van der Waals surface area contributed by atoms with Crippen LogP contribution in [0, 0.1) is 6.92 Å². The first kappa shape index (κ1) is 24.1. The van der Waals surface area contributed by atoms with Gasteiger partial charge < -0.3 is 10.4 Å². The number of carbonyl (C=O) groups excluding carboxylic acids is 1. The van der Waals surface area contributed by atoms with Crippen molar-refractivity contribution < 1.29 is 23.1 Å². The van der Waals surface area contributed by atoms with Crippen LogP contribution in [0.15, 0.2) is 52.2 Å². The topological polar surface area (TPSA) is 139 Å². The van der Waals surface area contributed by atoms with Crippen molar-refractivity contribution >= 4 is 38.4 Å². The standard InChI is InChI=1S/C22H24N4O6S/c1-4-25(5-2)33(31,32)18-12-15(11-10-14(18)3)23-19(27)13-26-21(28)17-9-7-6-8-16(17)20(24-26)22(29)30/h6-12H,4-5,13H2,1-3H3,(H,23,27)(H,29,30). The zero-order valence-electron chi connectivity index (χ0n) is 18.4. The van der Waals surface area contributed by atoms with E-state index in [2.05, 4.69) is 10.4 Å². The minimum absolute atomic E-state index is 0.0677. The molecule has 1 aromatic heterocycles. The molecule has 0 spiro atoms. The van der Waals surface area contributed by atoms with Crippen LogP contribution in [0.3, 0.4) is 0 Å². The number of carboxylic acid groups (broad SMARTS) is 1. The summed E-state index contributed by atoms with van der Waals surface area (Å²) >= 11 is 0. The highest BCUT2D eigenvalue weighted by atomic mass is 32.2. The number of carboxylic acids is 1. The zero-order chi connectivity index (χ0) is 24.3. The van der Waals surface area contributed by atoms with Crippen LogP contribution in [0.25, 0.3) is 10.8 Å². The number of benzene rings is 2. The van der Waals surface area contributed by atoms with Gasteiger partial charge in [-0.3, -0.25) is 9.59 Å². The van der Waals surface area contributed by atoms with Crippen molar-refractivity contribution in [3.8, 4) is 0 Å². The summed E-state index contributed by atoms with van der Waals surface area (Å²) in [4.78, 5) is 37.0. The molecule has 0 atom stereocenters. The Kier molecular flexibility index (Phi) is 6.94. The number of amides is 1. The third kappa shape index (κ3) is 4.78. The van der Waals surface area contributed by atoms with Crippen LogP contribution in [-0.2, 0) is 21.4 Å². The van der Waals surface area contributed by atoms with E-state index in [1.54, 1.807) is 45.0 Å². The number of nitrogens with zero attached hydrogens (tertiary/aromatic N) is 3. The molecule has 3 rings (SSSR count). The number of hydrogen-bond donors (Lipinski definition) is 2. The summed E-state index contributed by atoms with van der Waals surface area (Å²) in [6.45, 7) is 5.20. The minimum atomic E-state index is -3.75. The van der Waals surface area contributed by atoms with Crippen molar-refractivity contribution in [3.05, 3.63) is 64.1 Å². The summed E-state index contributed by atoms with van der Waals surface area (Å²) in [6, 6.07) is 10.6. The first-order chi connectivity index (χ1) is 15.6. The molecule has 11 heteroatoms. The lowest BCUT2D eigenvalue weighted by molar-refractivity contribution is -0.117. The number of hydrogen-bond acceptors (Lipinski definition) is 6. The van der Waals surface area contributed by atoms with Gasteiger partial charge in [-0.15, -0.1) is 0 Å². The van der Waals surface area contributed by atoms with E-state index < -0.39 is 34.0 Å². The molecule has 2 aromatic carbocycles. The van der Waals surface area contributed by atoms with Crippen LogP contribution in [0.2, 0.25) is 0 Å². The Labute approximate surface area is 190 Å². The molecule has 2 N–H and O–H groups in total. The van der Waals surface area contributed by atoms with Crippen LogP contribution in [-0.4, -0.2) is 52.6 Å². The number of carbonyl (C=O) groups is 2. The predicted molar refractivity (Wildman–Crippen MR) is 123 cm³/mol. The maximum absolute atomic E-state index is 12.9. The predicted octanol–water partition coefficient (Wildman–Crippen LogP) is 2.07. The molecule has 0 aliphatic carbocycles. The molecule has 10 nitrogen and oxygen atoms in total. The number of fused-ring (bicyclic) bond motifs is 1. The molecule has 3 aromatic rings. The smallest absolute Gasteiger partial charge is 0.357 e. The fourth-order valence-corrected chi connectivity index (χ4v) is 5.20. The molecular weight excluding hydrogens is 448 g/mol. The van der Waals surface area contributed by atoms with Crippen molar-refractivity contribution in [2.45, 2.75) is 32.2 Å². The van der Waals surface area contributed by atoms with E-state index in [1.165, 1.54) is 22.5 Å². The quantitative estimate of drug-likeness (QED) is 0.512. The normalized spacial score (nSPS) is 11.6. The molecule has 33 heavy (non-hydrogen) atoms. The number of aromatic nitrogens is 2. The van der Waals surface area contributed by atoms with Gasteiger partial charge >= 0.3 is 5.97 Å². The number of nitrogens with one attached hydrogen (secondary N) is 1. The lowest BCUT2D eigenvalue weighted by Crippen LogP contribution is -2.32. The molecule has 0 unspecified atom stereocenters. The van der Waals surface area contributed by atoms with Crippen molar-refractivity contribution in [2.75, 3.05) is 18.4 Å². The third-order valence-corrected chi connectivity index (χ3v) is 7.35. The minimum Gasteiger partial charge on any atom is -0.476 e. The van der Waals surface area contributed by atoms with Crippen molar-refractivity contribution in [1.82, 2.24) is 14.1 Å². The van der Waals surface area contributed by atoms with Gasteiger partial charge in [0.1, 0.15) is 6.54 Å². The van der Waals surface area contributed by atoms with Gasteiger partial charge in [-0.2, -0.15) is 9.40 Å². The number of anilines is 1. The van der Waals surface area contributed by atoms with E-state index in [0.717, 1.165) is 4.68 Å². The molecule has 0 saturated carbocycles. The molecule has 174 valence electrons. The summed E-state index contributed by atoms with van der Waals surface area (Å²) in [5.74, 6) is -1.99. The first-order valence-corrected chi connectivity index (χ1v) is 11.7. The Morgan fingerprint density at radius 1 is 1.09 bits per heavy atom. The van der Waals surface area contributed by atoms with Crippen LogP contribution in [0.1, 0.15) is 29.9 Å². The Hall–Kier alpha value is -3.57. The fraction of sp³-hybridized carbons (Fsp3) is 0.273. The maximum atomic E-state index is 12.9. The molecular formula is C22H24N4O6S. The molecule has 1 heterocycles. The lowest BCUT2D eigenvalue weighted by atomic mass is 10.1. The summed E-state index contributed by atoms with van der Waals surface area (Å²) in [6.07, 6.45) is 0. The van der Waals surface area contributed by atoms with Crippen molar-refractivity contribution in [1.29, 1.82) is 0 Å². The van der Waals surface area contributed by atoms with Gasteiger partial charge in [0.2, 0.25) is 15.9 Å². The Balaban J connectivity index is 1.92. The monoisotopic (exact) mass is 472 g/mol. The Morgan fingerprint density at radius 2 is 1.73 bits per heavy atom. The van der Waals surface area contributed by atoms with Crippen molar-refractivity contribution in [3.63, 3.8) is 0 Å². The summed E-state index contributed by atoms with van der Waals surface area (Å²) in [5, 5.41) is 16.1. The van der Waals surface area contributed by atoms with Gasteiger partial charge in [0, 0.05) is 24.2 Å². The molecule has 0 saturated heterocycles. The Bertz CT molecular complexity index is 1390. The highest BCUT2D eigenvalue weighted by Crippen LogP contribution is 2.23. The first-order valence-electron chi connectivity index (χ1n) is 10.2. The van der Waals surface area contributed by atoms with Gasteiger partial charge in [0.15, 0.2) is 5.69 Å². The van der Waals surface area contributed by atoms with Gasteiger partial charge in [-0.05, 0) is 30.7 Å². The number of aryl methyl sites for hydroxylation is 1. The van der Waals surface area contributed by atoms with E-state index in [4.69, 9.17) is 0 Å². The number of rotatable bonds is 8. The molecule has 1 amide bonds. The molecule has 0 fully saturated rings. The zero-order valence-corrected chi connectivity index (χ0v) is 19.2. The van der Waals surface area contributed by atoms with Crippen molar-refractivity contribution in [2.24, 2.45) is 0 Å². The second kappa shape index (κ2) is 9.51. The summed E-state index contributed by atoms with van der Waals surface area (Å²) in [7, 11) is -3.75. The summed E-state index contributed by atoms with van der Waals surface area (Å²) < 4.78 is 27.9. The highest BCUT2D eigenvalue weighted by molar-refractivity contribution is 7.89. The third-order valence-electron chi connectivity index (χ3n) is 5.16. The van der Waals surface area contributed by atoms with E-state index in [0.29, 0.717) is 18.7 Å². The lowest BCUT2D eigenvalue weighted by Gasteiger charge is -2.20. The molecule has 0 radical (unpaired) electrons. The number of aromatic carboxylic acids is 1. The van der Waals surface area contributed by atoms with Crippen LogP contribution in [0.5, 0.6) is 0 Å². The fourth-order valence-electron chi connectivity index (χ4n) is 3.50. The average Bonchev–Trinajstić information content (AvgIpc) is 2.77. The second-order valence-corrected chi connectivity index (χ2v) is 9.19. The summed E-state index contributed by atoms with van der Waals surface area (Å²) in [5.41, 5.74) is -0.206. The van der Waals surface area contributed by atoms with Gasteiger partial charge in [0.05, 0.1) is 10.3 Å². The highest BCUT2D eigenvalue weighted by Gasteiger charge is 2.24. The van der Waals surface area contributed by atoms with Crippen LogP contribution < -0.4 is 10.9 Å². The number of sulfonamides is 1.